The number of hydrogen-bond acceptors (Lipinski definition) is 5. The first-order valence-corrected chi connectivity index (χ1v) is 7.49. The summed E-state index contributed by atoms with van der Waals surface area (Å²) in [7, 11) is -2.29. The maximum Gasteiger partial charge on any atom is 0.286 e. The molecular weight excluding hydrogens is 295 g/mol. The summed E-state index contributed by atoms with van der Waals surface area (Å²) in [5, 5.41) is 1.41. The Morgan fingerprint density at radius 1 is 1.29 bits per heavy atom. The second-order valence-corrected chi connectivity index (χ2v) is 5.88. The van der Waals surface area contributed by atoms with E-state index in [1.54, 1.807) is 25.4 Å². The Morgan fingerprint density at radius 2 is 2.10 bits per heavy atom. The zero-order valence-electron chi connectivity index (χ0n) is 11.0. The van der Waals surface area contributed by atoms with E-state index in [0.29, 0.717) is 5.56 Å². The second-order valence-electron chi connectivity index (χ2n) is 4.30. The molecule has 108 valence electrons. The van der Waals surface area contributed by atoms with E-state index in [4.69, 9.17) is 0 Å². The first-order chi connectivity index (χ1) is 10.0. The molecule has 0 saturated carbocycles. The van der Waals surface area contributed by atoms with Crippen molar-refractivity contribution in [2.75, 3.05) is 12.1 Å². The number of nitrogens with one attached hydrogen (secondary N) is 1. The molecule has 0 unspecified atom stereocenters. The van der Waals surface area contributed by atoms with Gasteiger partial charge < -0.3 is 0 Å². The molecule has 1 aliphatic heterocycles. The number of sulfonamides is 1. The number of pyridine rings is 1. The summed E-state index contributed by atoms with van der Waals surface area (Å²) in [6, 6.07) is 6.78. The van der Waals surface area contributed by atoms with Crippen LogP contribution in [0.5, 0.6) is 0 Å². The van der Waals surface area contributed by atoms with E-state index in [0.717, 1.165) is 12.1 Å². The fourth-order valence-corrected chi connectivity index (χ4v) is 3.27. The van der Waals surface area contributed by atoms with Crippen LogP contribution in [0, 0.1) is 5.82 Å². The van der Waals surface area contributed by atoms with Crippen molar-refractivity contribution in [2.24, 2.45) is 4.40 Å². The molecule has 0 atom stereocenters. The molecule has 0 amide bonds. The number of halogens is 1. The van der Waals surface area contributed by atoms with Crippen LogP contribution in [0.3, 0.4) is 0 Å². The molecular formula is C13H11FN4O2S. The van der Waals surface area contributed by atoms with E-state index in [2.05, 4.69) is 14.8 Å². The maximum atomic E-state index is 13.5. The van der Waals surface area contributed by atoms with E-state index in [1.807, 2.05) is 0 Å². The van der Waals surface area contributed by atoms with Gasteiger partial charge in [0.25, 0.3) is 10.0 Å². The molecule has 21 heavy (non-hydrogen) atoms. The molecule has 0 aliphatic carbocycles. The van der Waals surface area contributed by atoms with Crippen molar-refractivity contribution < 1.29 is 12.8 Å². The lowest BCUT2D eigenvalue weighted by molar-refractivity contribution is 0.594. The highest BCUT2D eigenvalue weighted by atomic mass is 32.2. The first kappa shape index (κ1) is 13.7. The summed E-state index contributed by atoms with van der Waals surface area (Å²) in [5.41, 5.74) is 3.51. The van der Waals surface area contributed by atoms with Gasteiger partial charge in [-0.2, -0.15) is 8.42 Å². The smallest absolute Gasteiger partial charge is 0.264 e. The van der Waals surface area contributed by atoms with Crippen LogP contribution in [0.15, 0.2) is 52.0 Å². The van der Waals surface area contributed by atoms with Crippen molar-refractivity contribution in [1.29, 1.82) is 0 Å². The zero-order valence-corrected chi connectivity index (χ0v) is 11.8. The number of hydrogen-bond donors (Lipinski definition) is 1. The van der Waals surface area contributed by atoms with Crippen molar-refractivity contribution in [3.05, 3.63) is 54.1 Å². The van der Waals surface area contributed by atoms with Crippen LogP contribution in [0.25, 0.3) is 0 Å². The highest BCUT2D eigenvalue weighted by Crippen LogP contribution is 2.32. The Hall–Kier alpha value is -2.32. The summed E-state index contributed by atoms with van der Waals surface area (Å²) < 4.78 is 41.8. The fourth-order valence-electron chi connectivity index (χ4n) is 2.10. The highest BCUT2D eigenvalue weighted by Gasteiger charge is 2.31. The van der Waals surface area contributed by atoms with Gasteiger partial charge in [0, 0.05) is 31.1 Å². The number of fused-ring (bicyclic) bond motifs is 1. The predicted octanol–water partition coefficient (Wildman–Crippen LogP) is 1.31. The molecule has 0 fully saturated rings. The van der Waals surface area contributed by atoms with Crippen LogP contribution in [-0.2, 0) is 10.0 Å². The van der Waals surface area contributed by atoms with Gasteiger partial charge in [-0.25, -0.2) is 9.82 Å². The minimum atomic E-state index is -3.89. The fraction of sp³-hybridized carbons (Fsp3) is 0.0769. The van der Waals surface area contributed by atoms with Crippen molar-refractivity contribution in [2.45, 2.75) is 4.90 Å². The lowest BCUT2D eigenvalue weighted by Gasteiger charge is -2.29. The molecule has 3 rings (SSSR count). The largest absolute Gasteiger partial charge is 0.286 e. The first-order valence-electron chi connectivity index (χ1n) is 6.05. The van der Waals surface area contributed by atoms with Gasteiger partial charge in [0.1, 0.15) is 10.7 Å². The molecule has 1 aliphatic rings. The van der Waals surface area contributed by atoms with Gasteiger partial charge in [-0.15, -0.1) is 4.40 Å². The van der Waals surface area contributed by atoms with Crippen LogP contribution in [0.4, 0.5) is 10.1 Å². The maximum absolute atomic E-state index is 13.5. The van der Waals surface area contributed by atoms with Gasteiger partial charge in [-0.1, -0.05) is 0 Å². The van der Waals surface area contributed by atoms with Crippen molar-refractivity contribution in [1.82, 2.24) is 10.4 Å². The minimum Gasteiger partial charge on any atom is -0.264 e. The summed E-state index contributed by atoms with van der Waals surface area (Å²) in [6.07, 6.45) is 3.06. The SMILES string of the molecule is CNN1C(c2cccnc2)=NS(=O)(=O)c2ccc(F)cc21. The van der Waals surface area contributed by atoms with Gasteiger partial charge in [-0.3, -0.25) is 9.99 Å². The predicted molar refractivity (Wildman–Crippen MR) is 75.9 cm³/mol. The van der Waals surface area contributed by atoms with E-state index in [-0.39, 0.29) is 16.4 Å². The molecule has 0 spiro atoms. The third-order valence-corrected chi connectivity index (χ3v) is 4.32. The van der Waals surface area contributed by atoms with Gasteiger partial charge in [0.05, 0.1) is 5.69 Å². The van der Waals surface area contributed by atoms with Gasteiger partial charge in [0.2, 0.25) is 0 Å². The van der Waals surface area contributed by atoms with Crippen molar-refractivity contribution >= 4 is 21.5 Å². The molecule has 8 heteroatoms. The Kier molecular flexibility index (Phi) is 3.19. The Bertz CT molecular complexity index is 821. The number of benzene rings is 1. The molecule has 2 aromatic rings. The Balaban J connectivity index is 2.26. The molecule has 1 aromatic heterocycles. The van der Waals surface area contributed by atoms with Crippen LogP contribution in [0.2, 0.25) is 0 Å². The molecule has 2 heterocycles. The van der Waals surface area contributed by atoms with E-state index in [1.165, 1.54) is 17.3 Å². The molecule has 0 bridgehead atoms. The van der Waals surface area contributed by atoms with E-state index in [9.17, 15) is 12.8 Å². The average Bonchev–Trinajstić information content (AvgIpc) is 2.47. The van der Waals surface area contributed by atoms with Crippen LogP contribution < -0.4 is 10.4 Å². The highest BCUT2D eigenvalue weighted by molar-refractivity contribution is 7.90. The summed E-state index contributed by atoms with van der Waals surface area (Å²) >= 11 is 0. The quantitative estimate of drug-likeness (QED) is 0.905. The topological polar surface area (TPSA) is 74.7 Å². The van der Waals surface area contributed by atoms with Crippen LogP contribution >= 0.6 is 0 Å². The van der Waals surface area contributed by atoms with Crippen molar-refractivity contribution in [3.63, 3.8) is 0 Å². The van der Waals surface area contributed by atoms with E-state index < -0.39 is 15.8 Å². The van der Waals surface area contributed by atoms with Crippen molar-refractivity contribution in [3.8, 4) is 0 Å². The molecule has 1 aromatic carbocycles. The number of nitrogens with zero attached hydrogens (tertiary/aromatic N) is 3. The van der Waals surface area contributed by atoms with Gasteiger partial charge in [0.15, 0.2) is 5.84 Å². The number of hydrazine groups is 1. The number of amidine groups is 1. The van der Waals surface area contributed by atoms with Crippen LogP contribution in [-0.4, -0.2) is 26.3 Å². The third kappa shape index (κ3) is 2.28. The number of rotatable bonds is 2. The second kappa shape index (κ2) is 4.90. The van der Waals surface area contributed by atoms with Gasteiger partial charge in [-0.05, 0) is 24.3 Å². The van der Waals surface area contributed by atoms with E-state index >= 15 is 0 Å². The summed E-state index contributed by atoms with van der Waals surface area (Å²) in [5.74, 6) is -0.389. The summed E-state index contributed by atoms with van der Waals surface area (Å²) in [4.78, 5) is 3.90. The molecule has 1 N–H and O–H groups in total. The summed E-state index contributed by atoms with van der Waals surface area (Å²) in [6.45, 7) is 0. The van der Waals surface area contributed by atoms with Gasteiger partial charge >= 0.3 is 0 Å². The van der Waals surface area contributed by atoms with Crippen LogP contribution in [0.1, 0.15) is 5.56 Å². The number of anilines is 1. The lowest BCUT2D eigenvalue weighted by atomic mass is 10.2. The third-order valence-electron chi connectivity index (χ3n) is 3.00. The Morgan fingerprint density at radius 3 is 2.76 bits per heavy atom. The lowest BCUT2D eigenvalue weighted by Crippen LogP contribution is -2.44. The standard InChI is InChI=1S/C13H11FN4O2S/c1-15-18-11-7-10(14)4-5-12(11)21(19,20)17-13(18)9-3-2-6-16-8-9/h2-8,15H,1H3. The molecule has 0 saturated heterocycles. The average molecular weight is 306 g/mol. The molecule has 0 radical (unpaired) electrons. The Labute approximate surface area is 121 Å². The zero-order chi connectivity index (χ0) is 15.0. The molecule has 6 nitrogen and oxygen atoms in total. The monoisotopic (exact) mass is 306 g/mol. The normalized spacial score (nSPS) is 16.3. The minimum absolute atomic E-state index is 0.0501. The number of aromatic nitrogens is 1.